The van der Waals surface area contributed by atoms with Gasteiger partial charge in [0.2, 0.25) is 0 Å². The smallest absolute Gasteiger partial charge is 0.341 e. The van der Waals surface area contributed by atoms with Crippen molar-refractivity contribution < 1.29 is 29.6 Å². The SMILES string of the molecule is O=C(O)COc1ccc(NC(=O)N(CCO)CCO)cc1. The lowest BCUT2D eigenvalue weighted by atomic mass is 10.3. The van der Waals surface area contributed by atoms with Gasteiger partial charge in [0.25, 0.3) is 0 Å². The summed E-state index contributed by atoms with van der Waals surface area (Å²) < 4.78 is 4.96. The molecular formula is C13H18N2O6. The van der Waals surface area contributed by atoms with Crippen LogP contribution in [0.4, 0.5) is 10.5 Å². The van der Waals surface area contributed by atoms with Crippen molar-refractivity contribution in [2.75, 3.05) is 38.2 Å². The quantitative estimate of drug-likeness (QED) is 0.535. The van der Waals surface area contributed by atoms with Crippen LogP contribution in [0.5, 0.6) is 5.75 Å². The molecular weight excluding hydrogens is 280 g/mol. The van der Waals surface area contributed by atoms with Crippen molar-refractivity contribution in [3.8, 4) is 5.75 Å². The van der Waals surface area contributed by atoms with Crippen LogP contribution in [0.2, 0.25) is 0 Å². The van der Waals surface area contributed by atoms with E-state index in [4.69, 9.17) is 20.1 Å². The van der Waals surface area contributed by atoms with Gasteiger partial charge >= 0.3 is 12.0 Å². The number of amides is 2. The molecule has 1 rings (SSSR count). The van der Waals surface area contributed by atoms with Gasteiger partial charge < -0.3 is 30.3 Å². The highest BCUT2D eigenvalue weighted by Crippen LogP contribution is 2.16. The molecule has 0 aliphatic heterocycles. The third-order valence-corrected chi connectivity index (χ3v) is 2.49. The Morgan fingerprint density at radius 3 is 2.14 bits per heavy atom. The standard InChI is InChI=1S/C13H18N2O6/c16-7-5-15(6-8-17)13(20)14-10-1-3-11(4-2-10)21-9-12(18)19/h1-4,16-17H,5-9H2,(H,14,20)(H,18,19). The number of ether oxygens (including phenoxy) is 1. The Labute approximate surface area is 121 Å². The van der Waals surface area contributed by atoms with Crippen LogP contribution in [-0.4, -0.2) is 65.1 Å². The molecule has 0 radical (unpaired) electrons. The molecule has 1 aromatic carbocycles. The van der Waals surface area contributed by atoms with Gasteiger partial charge in [-0.1, -0.05) is 0 Å². The molecule has 0 spiro atoms. The van der Waals surface area contributed by atoms with Crippen LogP contribution in [0.1, 0.15) is 0 Å². The molecule has 0 heterocycles. The molecule has 21 heavy (non-hydrogen) atoms. The van der Waals surface area contributed by atoms with Gasteiger partial charge in [-0.15, -0.1) is 0 Å². The third kappa shape index (κ3) is 6.11. The number of aliphatic hydroxyl groups is 2. The molecule has 2 amide bonds. The molecule has 0 aliphatic rings. The number of hydrogen-bond donors (Lipinski definition) is 4. The van der Waals surface area contributed by atoms with Gasteiger partial charge in [-0.05, 0) is 24.3 Å². The van der Waals surface area contributed by atoms with Gasteiger partial charge in [-0.3, -0.25) is 0 Å². The number of nitrogens with one attached hydrogen (secondary N) is 1. The van der Waals surface area contributed by atoms with Crippen LogP contribution in [-0.2, 0) is 4.79 Å². The molecule has 0 aliphatic carbocycles. The fraction of sp³-hybridized carbons (Fsp3) is 0.385. The lowest BCUT2D eigenvalue weighted by molar-refractivity contribution is -0.139. The fourth-order valence-electron chi connectivity index (χ4n) is 1.54. The Kier molecular flexibility index (Phi) is 6.99. The van der Waals surface area contributed by atoms with Crippen LogP contribution in [0.15, 0.2) is 24.3 Å². The van der Waals surface area contributed by atoms with Gasteiger partial charge in [0, 0.05) is 18.8 Å². The maximum Gasteiger partial charge on any atom is 0.341 e. The summed E-state index contributed by atoms with van der Waals surface area (Å²) in [5.41, 5.74) is 0.489. The molecule has 8 heteroatoms. The minimum absolute atomic E-state index is 0.117. The van der Waals surface area contributed by atoms with Crippen LogP contribution >= 0.6 is 0 Å². The first-order valence-corrected chi connectivity index (χ1v) is 6.29. The third-order valence-electron chi connectivity index (χ3n) is 2.49. The number of urea groups is 1. The second kappa shape index (κ2) is 8.77. The van der Waals surface area contributed by atoms with Crippen molar-refractivity contribution in [2.45, 2.75) is 0 Å². The minimum atomic E-state index is -1.07. The molecule has 116 valence electrons. The number of carboxylic acid groups (broad SMARTS) is 1. The second-order valence-corrected chi connectivity index (χ2v) is 4.07. The summed E-state index contributed by atoms with van der Waals surface area (Å²) in [5, 5.41) is 28.8. The molecule has 8 nitrogen and oxygen atoms in total. The molecule has 4 N–H and O–H groups in total. The highest BCUT2D eigenvalue weighted by Gasteiger charge is 2.12. The summed E-state index contributed by atoms with van der Waals surface area (Å²) in [6, 6.07) is 5.73. The molecule has 0 saturated carbocycles. The monoisotopic (exact) mass is 298 g/mol. The van der Waals surface area contributed by atoms with E-state index in [1.165, 1.54) is 17.0 Å². The van der Waals surface area contributed by atoms with E-state index in [1.807, 2.05) is 0 Å². The average molecular weight is 298 g/mol. The lowest BCUT2D eigenvalue weighted by Crippen LogP contribution is -2.38. The van der Waals surface area contributed by atoms with Gasteiger partial charge in [-0.25, -0.2) is 9.59 Å². The van der Waals surface area contributed by atoms with Crippen molar-refractivity contribution in [1.29, 1.82) is 0 Å². The van der Waals surface area contributed by atoms with Crippen molar-refractivity contribution in [3.05, 3.63) is 24.3 Å². The van der Waals surface area contributed by atoms with Crippen LogP contribution in [0, 0.1) is 0 Å². The number of hydrogen-bond acceptors (Lipinski definition) is 5. The Morgan fingerprint density at radius 2 is 1.67 bits per heavy atom. The Balaban J connectivity index is 2.57. The minimum Gasteiger partial charge on any atom is -0.482 e. The molecule has 0 fully saturated rings. The van der Waals surface area contributed by atoms with Crippen LogP contribution in [0.25, 0.3) is 0 Å². The van der Waals surface area contributed by atoms with E-state index >= 15 is 0 Å². The highest BCUT2D eigenvalue weighted by molar-refractivity contribution is 5.89. The number of carbonyl (C=O) groups is 2. The van der Waals surface area contributed by atoms with E-state index in [0.29, 0.717) is 11.4 Å². The summed E-state index contributed by atoms with van der Waals surface area (Å²) in [4.78, 5) is 23.5. The molecule has 0 unspecified atom stereocenters. The van der Waals surface area contributed by atoms with Crippen molar-refractivity contribution in [1.82, 2.24) is 4.90 Å². The normalized spacial score (nSPS) is 10.0. The summed E-state index contributed by atoms with van der Waals surface area (Å²) in [7, 11) is 0. The average Bonchev–Trinajstić information content (AvgIpc) is 2.46. The van der Waals surface area contributed by atoms with Gasteiger partial charge in [0.05, 0.1) is 13.2 Å². The number of nitrogens with zero attached hydrogens (tertiary/aromatic N) is 1. The van der Waals surface area contributed by atoms with E-state index < -0.39 is 18.6 Å². The van der Waals surface area contributed by atoms with Gasteiger partial charge in [0.1, 0.15) is 5.75 Å². The van der Waals surface area contributed by atoms with E-state index in [0.717, 1.165) is 0 Å². The number of carbonyl (C=O) groups excluding carboxylic acids is 1. The van der Waals surface area contributed by atoms with Crippen LogP contribution in [0.3, 0.4) is 0 Å². The first-order chi connectivity index (χ1) is 10.1. The topological polar surface area (TPSA) is 119 Å². The number of benzene rings is 1. The zero-order valence-corrected chi connectivity index (χ0v) is 11.4. The molecule has 0 saturated heterocycles. The number of aliphatic hydroxyl groups excluding tert-OH is 2. The number of rotatable bonds is 8. The molecule has 0 aromatic heterocycles. The largest absolute Gasteiger partial charge is 0.482 e. The zero-order valence-electron chi connectivity index (χ0n) is 11.4. The summed E-state index contributed by atoms with van der Waals surface area (Å²) in [6.45, 7) is -0.602. The first-order valence-electron chi connectivity index (χ1n) is 6.29. The van der Waals surface area contributed by atoms with Crippen LogP contribution < -0.4 is 10.1 Å². The zero-order chi connectivity index (χ0) is 15.7. The van der Waals surface area contributed by atoms with Crippen molar-refractivity contribution in [2.24, 2.45) is 0 Å². The van der Waals surface area contributed by atoms with Gasteiger partial charge in [0.15, 0.2) is 6.61 Å². The van der Waals surface area contributed by atoms with E-state index in [2.05, 4.69) is 5.32 Å². The molecule has 0 atom stereocenters. The summed E-state index contributed by atoms with van der Waals surface area (Å²) in [5.74, 6) is -0.700. The van der Waals surface area contributed by atoms with E-state index in [-0.39, 0.29) is 26.3 Å². The van der Waals surface area contributed by atoms with Crippen molar-refractivity contribution >= 4 is 17.7 Å². The number of carboxylic acids is 1. The van der Waals surface area contributed by atoms with E-state index in [9.17, 15) is 9.59 Å². The van der Waals surface area contributed by atoms with Crippen molar-refractivity contribution in [3.63, 3.8) is 0 Å². The van der Waals surface area contributed by atoms with E-state index in [1.54, 1.807) is 12.1 Å². The molecule has 0 bridgehead atoms. The highest BCUT2D eigenvalue weighted by atomic mass is 16.5. The molecule has 1 aromatic rings. The maximum atomic E-state index is 11.9. The first kappa shape index (κ1) is 16.7. The summed E-state index contributed by atoms with van der Waals surface area (Å²) >= 11 is 0. The summed E-state index contributed by atoms with van der Waals surface area (Å²) in [6.07, 6.45) is 0. The Hall–Kier alpha value is -2.32. The Morgan fingerprint density at radius 1 is 1.10 bits per heavy atom. The fourth-order valence-corrected chi connectivity index (χ4v) is 1.54. The second-order valence-electron chi connectivity index (χ2n) is 4.07. The maximum absolute atomic E-state index is 11.9. The predicted molar refractivity (Wildman–Crippen MR) is 74.3 cm³/mol. The number of anilines is 1. The predicted octanol–water partition coefficient (Wildman–Crippen LogP) is -0.0315. The number of aliphatic carboxylic acids is 1. The Bertz CT molecular complexity index is 456. The van der Waals surface area contributed by atoms with Gasteiger partial charge in [-0.2, -0.15) is 0 Å². The lowest BCUT2D eigenvalue weighted by Gasteiger charge is -2.21.